The Morgan fingerprint density at radius 1 is 0.905 bits per heavy atom. The van der Waals surface area contributed by atoms with Gasteiger partial charge in [0, 0.05) is 55.5 Å². The fraction of sp³-hybridized carbons (Fsp3) is 1.00. The van der Waals surface area contributed by atoms with Gasteiger partial charge in [-0.3, -0.25) is 4.57 Å². The van der Waals surface area contributed by atoms with Gasteiger partial charge in [0.1, 0.15) is 0 Å². The van der Waals surface area contributed by atoms with Gasteiger partial charge in [0.2, 0.25) is 0 Å². The molecule has 0 aliphatic rings. The number of nitrogens with zero attached hydrogens (tertiary/aromatic N) is 2. The third-order valence-electron chi connectivity index (χ3n) is 2.63. The standard InChI is InChI=1S/C11H23Cl4N2O2PS/c1-21-11-10-19-20(18,16(6-2-12)7-3-13)17(8-4-14)9-5-15/h2-11H2,1H3. The zero-order valence-electron chi connectivity index (χ0n) is 12.1. The topological polar surface area (TPSA) is 32.8 Å². The van der Waals surface area contributed by atoms with Gasteiger partial charge in [-0.2, -0.15) is 11.8 Å². The maximum Gasteiger partial charge on any atom is 0.346 e. The van der Waals surface area contributed by atoms with Crippen molar-refractivity contribution in [2.75, 3.05) is 68.3 Å². The van der Waals surface area contributed by atoms with Crippen molar-refractivity contribution in [2.24, 2.45) is 0 Å². The van der Waals surface area contributed by atoms with Gasteiger partial charge in [-0.25, -0.2) is 9.34 Å². The first-order valence-corrected chi connectivity index (χ1v) is 11.6. The summed E-state index contributed by atoms with van der Waals surface area (Å²) < 4.78 is 22.6. The van der Waals surface area contributed by atoms with Gasteiger partial charge in [-0.15, -0.1) is 46.4 Å². The van der Waals surface area contributed by atoms with E-state index in [-0.39, 0.29) is 0 Å². The summed E-state index contributed by atoms with van der Waals surface area (Å²) in [5, 5.41) is 0. The summed E-state index contributed by atoms with van der Waals surface area (Å²) in [7, 11) is -3.22. The Labute approximate surface area is 152 Å². The van der Waals surface area contributed by atoms with E-state index in [1.165, 1.54) is 0 Å². The van der Waals surface area contributed by atoms with Crippen molar-refractivity contribution in [1.29, 1.82) is 0 Å². The van der Waals surface area contributed by atoms with Crippen molar-refractivity contribution in [3.05, 3.63) is 0 Å². The van der Waals surface area contributed by atoms with Crippen LogP contribution in [0.5, 0.6) is 0 Å². The molecule has 0 bridgehead atoms. The highest BCUT2D eigenvalue weighted by Gasteiger charge is 2.37. The lowest BCUT2D eigenvalue weighted by Crippen LogP contribution is -2.37. The van der Waals surface area contributed by atoms with Gasteiger partial charge < -0.3 is 4.52 Å². The second-order valence-electron chi connectivity index (χ2n) is 3.98. The largest absolute Gasteiger partial charge is 0.346 e. The number of hydrogen-bond donors (Lipinski definition) is 0. The summed E-state index contributed by atoms with van der Waals surface area (Å²) >= 11 is 24.9. The Morgan fingerprint density at radius 2 is 1.29 bits per heavy atom. The van der Waals surface area contributed by atoms with E-state index in [0.717, 1.165) is 5.75 Å². The molecule has 0 aliphatic heterocycles. The molecule has 10 heteroatoms. The second kappa shape index (κ2) is 14.0. The number of alkyl halides is 4. The maximum atomic E-state index is 13.4. The van der Waals surface area contributed by atoms with E-state index in [1.54, 1.807) is 21.1 Å². The molecule has 0 atom stereocenters. The Hall–Kier alpha value is 1.62. The Morgan fingerprint density at radius 3 is 1.57 bits per heavy atom. The van der Waals surface area contributed by atoms with Crippen LogP contribution in [0.15, 0.2) is 0 Å². The maximum absolute atomic E-state index is 13.4. The lowest BCUT2D eigenvalue weighted by atomic mass is 10.6. The third kappa shape index (κ3) is 8.32. The smallest absolute Gasteiger partial charge is 0.305 e. The molecule has 4 nitrogen and oxygen atoms in total. The van der Waals surface area contributed by atoms with Crippen LogP contribution in [0.3, 0.4) is 0 Å². The Kier molecular flexibility index (Phi) is 15.1. The zero-order chi connectivity index (χ0) is 16.1. The van der Waals surface area contributed by atoms with E-state index in [4.69, 9.17) is 50.9 Å². The monoisotopic (exact) mass is 418 g/mol. The predicted molar refractivity (Wildman–Crippen MR) is 98.0 cm³/mol. The van der Waals surface area contributed by atoms with Gasteiger partial charge in [-0.1, -0.05) is 0 Å². The highest BCUT2D eigenvalue weighted by molar-refractivity contribution is 7.98. The van der Waals surface area contributed by atoms with Crippen molar-refractivity contribution >= 4 is 65.8 Å². The fourth-order valence-electron chi connectivity index (χ4n) is 1.70. The first kappa shape index (κ1) is 22.6. The summed E-state index contributed by atoms with van der Waals surface area (Å²) in [5.74, 6) is 2.16. The van der Waals surface area contributed by atoms with Gasteiger partial charge in [0.05, 0.1) is 6.61 Å². The summed E-state index contributed by atoms with van der Waals surface area (Å²) in [4.78, 5) is 0. The zero-order valence-corrected chi connectivity index (χ0v) is 16.9. The SMILES string of the molecule is CSCCOP(=O)(N(CCCl)CCCl)N(CCCl)CCCl. The molecule has 21 heavy (non-hydrogen) atoms. The van der Waals surface area contributed by atoms with Gasteiger partial charge in [-0.05, 0) is 6.26 Å². The minimum absolute atomic E-state index is 0.350. The average Bonchev–Trinajstić information content (AvgIpc) is 2.47. The van der Waals surface area contributed by atoms with Gasteiger partial charge >= 0.3 is 7.67 Å². The molecular formula is C11H23Cl4N2O2PS. The Balaban J connectivity index is 5.20. The quantitative estimate of drug-likeness (QED) is 0.241. The minimum Gasteiger partial charge on any atom is -0.305 e. The first-order valence-electron chi connectivity index (χ1n) is 6.58. The van der Waals surface area contributed by atoms with Crippen molar-refractivity contribution < 1.29 is 9.09 Å². The Bertz CT molecular complexity index is 273. The summed E-state index contributed by atoms with van der Waals surface area (Å²) in [6.07, 6.45) is 1.97. The van der Waals surface area contributed by atoms with E-state index < -0.39 is 7.67 Å². The van der Waals surface area contributed by atoms with Crippen LogP contribution < -0.4 is 0 Å². The lowest BCUT2D eigenvalue weighted by Gasteiger charge is -2.37. The second-order valence-corrected chi connectivity index (χ2v) is 8.85. The molecule has 0 unspecified atom stereocenters. The molecule has 0 saturated heterocycles. The number of halogens is 4. The average molecular weight is 420 g/mol. The first-order chi connectivity index (χ1) is 10.1. The molecule has 0 radical (unpaired) electrons. The van der Waals surface area contributed by atoms with E-state index in [2.05, 4.69) is 0 Å². The van der Waals surface area contributed by atoms with Crippen molar-refractivity contribution in [3.8, 4) is 0 Å². The van der Waals surface area contributed by atoms with Crippen molar-refractivity contribution in [1.82, 2.24) is 9.34 Å². The molecule has 0 aliphatic carbocycles. The molecular weight excluding hydrogens is 397 g/mol. The molecule has 0 aromatic heterocycles. The predicted octanol–water partition coefficient (Wildman–Crippen LogP) is 4.03. The summed E-state index contributed by atoms with van der Waals surface area (Å²) in [5.41, 5.74) is 0. The molecule has 0 aromatic rings. The van der Waals surface area contributed by atoms with E-state index >= 15 is 0 Å². The van der Waals surface area contributed by atoms with Crippen LogP contribution in [0.1, 0.15) is 0 Å². The van der Waals surface area contributed by atoms with Crippen LogP contribution in [-0.4, -0.2) is 77.7 Å². The van der Waals surface area contributed by atoms with Crippen LogP contribution in [0, 0.1) is 0 Å². The summed E-state index contributed by atoms with van der Waals surface area (Å²) in [6.45, 7) is 2.14. The van der Waals surface area contributed by atoms with Crippen LogP contribution >= 0.6 is 65.8 Å². The van der Waals surface area contributed by atoms with Crippen LogP contribution in [0.4, 0.5) is 0 Å². The number of thioether (sulfide) groups is 1. The highest BCUT2D eigenvalue weighted by atomic mass is 35.5. The number of rotatable bonds is 14. The molecule has 0 rings (SSSR count). The molecule has 0 aromatic carbocycles. The van der Waals surface area contributed by atoms with E-state index in [0.29, 0.717) is 56.3 Å². The van der Waals surface area contributed by atoms with E-state index in [9.17, 15) is 4.57 Å². The molecule has 0 fully saturated rings. The molecule has 0 heterocycles. The normalized spacial score (nSPS) is 12.5. The third-order valence-corrected chi connectivity index (χ3v) is 6.63. The molecule has 0 amide bonds. The van der Waals surface area contributed by atoms with Gasteiger partial charge in [0.25, 0.3) is 0 Å². The van der Waals surface area contributed by atoms with Gasteiger partial charge in [0.15, 0.2) is 0 Å². The minimum atomic E-state index is -3.22. The molecule has 128 valence electrons. The van der Waals surface area contributed by atoms with Crippen molar-refractivity contribution in [2.45, 2.75) is 0 Å². The van der Waals surface area contributed by atoms with Crippen molar-refractivity contribution in [3.63, 3.8) is 0 Å². The van der Waals surface area contributed by atoms with Crippen LogP contribution in [0.2, 0.25) is 0 Å². The van der Waals surface area contributed by atoms with Crippen LogP contribution in [-0.2, 0) is 9.09 Å². The number of hydrogen-bond acceptors (Lipinski definition) is 3. The molecule has 0 saturated carbocycles. The van der Waals surface area contributed by atoms with E-state index in [1.807, 2.05) is 6.26 Å². The molecule has 0 spiro atoms. The fourth-order valence-corrected chi connectivity index (χ4v) is 5.79. The van der Waals surface area contributed by atoms with Crippen LogP contribution in [0.25, 0.3) is 0 Å². The lowest BCUT2D eigenvalue weighted by molar-refractivity contribution is 0.226. The highest BCUT2D eigenvalue weighted by Crippen LogP contribution is 2.54. The summed E-state index contributed by atoms with van der Waals surface area (Å²) in [6, 6.07) is 0. The molecule has 0 N–H and O–H groups in total.